The fourth-order valence-corrected chi connectivity index (χ4v) is 2.58. The molecule has 1 amide bonds. The minimum Gasteiger partial charge on any atom is -0.340 e. The van der Waals surface area contributed by atoms with E-state index in [-0.39, 0.29) is 34.6 Å². The molecule has 0 saturated heterocycles. The molecule has 1 unspecified atom stereocenters. The highest BCUT2D eigenvalue weighted by molar-refractivity contribution is 7.71. The number of aromatic amines is 1. The second-order valence-electron chi connectivity index (χ2n) is 6.68. The lowest BCUT2D eigenvalue weighted by atomic mass is 9.87. The lowest BCUT2D eigenvalue weighted by Gasteiger charge is -2.25. The van der Waals surface area contributed by atoms with Crippen molar-refractivity contribution in [1.29, 1.82) is 5.26 Å². The first-order valence-corrected chi connectivity index (χ1v) is 8.05. The van der Waals surface area contributed by atoms with E-state index in [1.165, 1.54) is 4.57 Å². The number of H-pyrrole nitrogens is 1. The number of nitrogens with one attached hydrogen (secondary N) is 2. The molecule has 0 aliphatic carbocycles. The molecule has 0 fully saturated rings. The molecule has 24 heavy (non-hydrogen) atoms. The van der Waals surface area contributed by atoms with Gasteiger partial charge in [-0.3, -0.25) is 14.2 Å². The van der Waals surface area contributed by atoms with Gasteiger partial charge in [0, 0.05) is 13.0 Å². The summed E-state index contributed by atoms with van der Waals surface area (Å²) in [6.45, 7) is 5.80. The third-order valence-electron chi connectivity index (χ3n) is 3.75. The van der Waals surface area contributed by atoms with Crippen LogP contribution >= 0.6 is 12.2 Å². The minimum absolute atomic E-state index is 0.0734. The molecule has 6 nitrogen and oxygen atoms in total. The number of para-hydroxylation sites is 1. The number of carbonyl (C=O) groups is 1. The number of rotatable bonds is 4. The van der Waals surface area contributed by atoms with Crippen LogP contribution < -0.4 is 10.9 Å². The van der Waals surface area contributed by atoms with E-state index in [0.29, 0.717) is 10.9 Å². The Morgan fingerprint density at radius 3 is 2.71 bits per heavy atom. The smallest absolute Gasteiger partial charge is 0.262 e. The number of hydrogen-bond acceptors (Lipinski definition) is 4. The van der Waals surface area contributed by atoms with Gasteiger partial charge in [-0.25, -0.2) is 0 Å². The Kier molecular flexibility index (Phi) is 5.20. The van der Waals surface area contributed by atoms with E-state index in [4.69, 9.17) is 17.5 Å². The number of amides is 1. The van der Waals surface area contributed by atoms with Gasteiger partial charge in [-0.2, -0.15) is 5.26 Å². The Morgan fingerprint density at radius 1 is 1.42 bits per heavy atom. The summed E-state index contributed by atoms with van der Waals surface area (Å²) in [7, 11) is 0. The molecular weight excluding hydrogens is 324 g/mol. The van der Waals surface area contributed by atoms with E-state index in [1.807, 2.05) is 26.8 Å². The quantitative estimate of drug-likeness (QED) is 0.834. The number of hydrogen-bond donors (Lipinski definition) is 2. The Bertz CT molecular complexity index is 915. The Balaban J connectivity index is 2.17. The van der Waals surface area contributed by atoms with Gasteiger partial charge >= 0.3 is 0 Å². The standard InChI is InChI=1S/C17H20N4O2S/c1-17(2,3)13(10-18)20-14(22)8-9-21-15(23)11-6-4-5-7-12(11)19-16(21)24/h4-7,13H,8-9H2,1-3H3,(H,19,24)(H,20,22). The van der Waals surface area contributed by atoms with Gasteiger partial charge in [-0.05, 0) is 29.8 Å². The van der Waals surface area contributed by atoms with Crippen molar-refractivity contribution in [2.75, 3.05) is 0 Å². The van der Waals surface area contributed by atoms with Crippen molar-refractivity contribution < 1.29 is 4.79 Å². The first-order chi connectivity index (χ1) is 11.2. The fourth-order valence-electron chi connectivity index (χ4n) is 2.29. The molecule has 0 radical (unpaired) electrons. The first kappa shape index (κ1) is 17.9. The number of nitrogens with zero attached hydrogens (tertiary/aromatic N) is 2. The van der Waals surface area contributed by atoms with Crippen LogP contribution in [-0.2, 0) is 11.3 Å². The summed E-state index contributed by atoms with van der Waals surface area (Å²) < 4.78 is 1.65. The van der Waals surface area contributed by atoms with Crippen molar-refractivity contribution in [2.45, 2.75) is 39.8 Å². The Labute approximate surface area is 145 Å². The normalized spacial score (nSPS) is 12.6. The van der Waals surface area contributed by atoms with Gasteiger partial charge < -0.3 is 10.3 Å². The molecule has 0 aliphatic rings. The van der Waals surface area contributed by atoms with E-state index in [1.54, 1.807) is 18.2 Å². The summed E-state index contributed by atoms with van der Waals surface area (Å²) in [4.78, 5) is 27.6. The van der Waals surface area contributed by atoms with Gasteiger partial charge in [0.1, 0.15) is 6.04 Å². The minimum atomic E-state index is -0.590. The van der Waals surface area contributed by atoms with E-state index in [0.717, 1.165) is 0 Å². The molecule has 0 saturated carbocycles. The molecule has 1 aromatic carbocycles. The van der Waals surface area contributed by atoms with Crippen molar-refractivity contribution in [3.63, 3.8) is 0 Å². The van der Waals surface area contributed by atoms with Crippen LogP contribution in [0.1, 0.15) is 27.2 Å². The van der Waals surface area contributed by atoms with E-state index < -0.39 is 6.04 Å². The van der Waals surface area contributed by atoms with Crippen molar-refractivity contribution >= 4 is 29.0 Å². The summed E-state index contributed by atoms with van der Waals surface area (Å²) in [5.74, 6) is -0.286. The van der Waals surface area contributed by atoms with Gasteiger partial charge in [0.2, 0.25) is 5.91 Å². The molecule has 7 heteroatoms. The number of fused-ring (bicyclic) bond motifs is 1. The zero-order chi connectivity index (χ0) is 17.9. The third kappa shape index (κ3) is 3.89. The highest BCUT2D eigenvalue weighted by atomic mass is 32.1. The maximum atomic E-state index is 12.5. The highest BCUT2D eigenvalue weighted by Crippen LogP contribution is 2.18. The molecule has 2 rings (SSSR count). The van der Waals surface area contributed by atoms with Crippen LogP contribution in [0.15, 0.2) is 29.1 Å². The molecule has 1 atom stereocenters. The molecule has 2 aromatic rings. The average Bonchev–Trinajstić information content (AvgIpc) is 2.51. The van der Waals surface area contributed by atoms with Crippen molar-refractivity contribution in [1.82, 2.24) is 14.9 Å². The molecular formula is C17H20N4O2S. The van der Waals surface area contributed by atoms with Crippen LogP contribution in [0.2, 0.25) is 0 Å². The predicted octanol–water partition coefficient (Wildman–Crippen LogP) is 2.50. The molecule has 1 heterocycles. The van der Waals surface area contributed by atoms with Crippen LogP contribution in [0.3, 0.4) is 0 Å². The Morgan fingerprint density at radius 2 is 2.08 bits per heavy atom. The lowest BCUT2D eigenvalue weighted by molar-refractivity contribution is -0.122. The van der Waals surface area contributed by atoms with Crippen LogP contribution in [0.25, 0.3) is 10.9 Å². The largest absolute Gasteiger partial charge is 0.340 e. The van der Waals surface area contributed by atoms with Gasteiger partial charge in [0.25, 0.3) is 5.56 Å². The molecule has 126 valence electrons. The second-order valence-corrected chi connectivity index (χ2v) is 7.06. The van der Waals surface area contributed by atoms with Gasteiger partial charge in [0.15, 0.2) is 4.77 Å². The SMILES string of the molecule is CC(C)(C)C(C#N)NC(=O)CCn1c(=S)[nH]c2ccccc2c1=O. The summed E-state index contributed by atoms with van der Waals surface area (Å²) in [5, 5.41) is 12.4. The van der Waals surface area contributed by atoms with E-state index >= 15 is 0 Å². The number of benzene rings is 1. The monoisotopic (exact) mass is 344 g/mol. The summed E-state index contributed by atoms with van der Waals surface area (Å²) in [6.07, 6.45) is 0.0734. The molecule has 2 N–H and O–H groups in total. The zero-order valence-electron chi connectivity index (χ0n) is 13.9. The number of carbonyl (C=O) groups excluding carboxylic acids is 1. The topological polar surface area (TPSA) is 90.7 Å². The van der Waals surface area contributed by atoms with Crippen LogP contribution in [0, 0.1) is 21.5 Å². The highest BCUT2D eigenvalue weighted by Gasteiger charge is 2.25. The van der Waals surface area contributed by atoms with Gasteiger partial charge in [-0.1, -0.05) is 32.9 Å². The average molecular weight is 344 g/mol. The molecule has 1 aromatic heterocycles. The zero-order valence-corrected chi connectivity index (χ0v) is 14.7. The van der Waals surface area contributed by atoms with E-state index in [2.05, 4.69) is 16.4 Å². The molecule has 0 bridgehead atoms. The summed E-state index contributed by atoms with van der Waals surface area (Å²) >= 11 is 5.21. The van der Waals surface area contributed by atoms with Gasteiger partial charge in [0.05, 0.1) is 17.0 Å². The number of nitriles is 1. The van der Waals surface area contributed by atoms with Crippen molar-refractivity contribution in [3.05, 3.63) is 39.4 Å². The maximum absolute atomic E-state index is 12.5. The predicted molar refractivity (Wildman–Crippen MR) is 95.0 cm³/mol. The van der Waals surface area contributed by atoms with Crippen molar-refractivity contribution in [2.24, 2.45) is 5.41 Å². The van der Waals surface area contributed by atoms with Crippen LogP contribution in [0.4, 0.5) is 0 Å². The van der Waals surface area contributed by atoms with Crippen LogP contribution in [0.5, 0.6) is 0 Å². The van der Waals surface area contributed by atoms with Crippen molar-refractivity contribution in [3.8, 4) is 6.07 Å². The lowest BCUT2D eigenvalue weighted by Crippen LogP contribution is -2.43. The first-order valence-electron chi connectivity index (χ1n) is 7.65. The van der Waals surface area contributed by atoms with Crippen LogP contribution in [-0.4, -0.2) is 21.5 Å². The fraction of sp³-hybridized carbons (Fsp3) is 0.412. The maximum Gasteiger partial charge on any atom is 0.262 e. The number of aromatic nitrogens is 2. The second kappa shape index (κ2) is 6.97. The van der Waals surface area contributed by atoms with Gasteiger partial charge in [-0.15, -0.1) is 0 Å². The summed E-state index contributed by atoms with van der Waals surface area (Å²) in [6, 6.07) is 8.59. The Hall–Kier alpha value is -2.46. The van der Waals surface area contributed by atoms with E-state index in [9.17, 15) is 9.59 Å². The summed E-state index contributed by atoms with van der Waals surface area (Å²) in [5.41, 5.74) is 0.0847. The molecule has 0 aliphatic heterocycles. The molecule has 0 spiro atoms. The third-order valence-corrected chi connectivity index (χ3v) is 4.07.